The SMILES string of the molecule is CN(C)CCNS(=O)OCC(=O)NC1=NC2=C(CC1)C(c1ccc(F)cc1)CCC2.O.[HH].[HH]. The van der Waals surface area contributed by atoms with Crippen molar-refractivity contribution in [3.8, 4) is 0 Å². The molecule has 0 bridgehead atoms. The second kappa shape index (κ2) is 12.2. The van der Waals surface area contributed by atoms with Crippen LogP contribution in [0, 0.1) is 5.82 Å². The summed E-state index contributed by atoms with van der Waals surface area (Å²) in [4.78, 5) is 18.8. The molecule has 3 rings (SSSR count). The van der Waals surface area contributed by atoms with Gasteiger partial charge in [-0.1, -0.05) is 12.1 Å². The van der Waals surface area contributed by atoms with E-state index in [4.69, 9.17) is 4.18 Å². The number of carbonyl (C=O) groups is 1. The fraction of sp³-hybridized carbons (Fsp3) is 0.524. The number of nitrogens with one attached hydrogen (secondary N) is 2. The topological polar surface area (TPSA) is 115 Å². The molecule has 0 aromatic heterocycles. The summed E-state index contributed by atoms with van der Waals surface area (Å²) in [6.07, 6.45) is 4.36. The van der Waals surface area contributed by atoms with Crippen LogP contribution >= 0.6 is 0 Å². The Hall–Kier alpha value is -1.98. The Morgan fingerprint density at radius 1 is 1.29 bits per heavy atom. The molecule has 0 fully saturated rings. The Morgan fingerprint density at radius 2 is 2.03 bits per heavy atom. The van der Waals surface area contributed by atoms with Crippen molar-refractivity contribution in [3.63, 3.8) is 0 Å². The van der Waals surface area contributed by atoms with E-state index >= 15 is 0 Å². The summed E-state index contributed by atoms with van der Waals surface area (Å²) >= 11 is -1.71. The number of allylic oxidation sites excluding steroid dienone is 2. The summed E-state index contributed by atoms with van der Waals surface area (Å²) in [5.41, 5.74) is 3.42. The normalized spacial score (nSPS) is 19.4. The molecule has 31 heavy (non-hydrogen) atoms. The van der Waals surface area contributed by atoms with Crippen LogP contribution in [-0.2, 0) is 20.2 Å². The van der Waals surface area contributed by atoms with Crippen LogP contribution in [0.1, 0.15) is 46.4 Å². The van der Waals surface area contributed by atoms with E-state index in [2.05, 4.69) is 15.0 Å². The van der Waals surface area contributed by atoms with Gasteiger partial charge in [-0.2, -0.15) is 0 Å². The maximum Gasteiger partial charge on any atom is 0.252 e. The van der Waals surface area contributed by atoms with Gasteiger partial charge in [0, 0.05) is 34.0 Å². The lowest BCUT2D eigenvalue weighted by Crippen LogP contribution is -2.36. The van der Waals surface area contributed by atoms with E-state index in [0.29, 0.717) is 25.3 Å². The highest BCUT2D eigenvalue weighted by molar-refractivity contribution is 7.78. The van der Waals surface area contributed by atoms with Gasteiger partial charge >= 0.3 is 0 Å². The van der Waals surface area contributed by atoms with E-state index in [0.717, 1.165) is 36.9 Å². The molecular weight excluding hydrogens is 423 g/mol. The molecule has 10 heteroatoms. The van der Waals surface area contributed by atoms with Crippen LogP contribution in [0.3, 0.4) is 0 Å². The van der Waals surface area contributed by atoms with Crippen molar-refractivity contribution < 1.29 is 25.9 Å². The smallest absolute Gasteiger partial charge is 0.252 e. The summed E-state index contributed by atoms with van der Waals surface area (Å²) in [6, 6.07) is 6.70. The Kier molecular flexibility index (Phi) is 9.92. The van der Waals surface area contributed by atoms with Crippen LogP contribution in [0.25, 0.3) is 0 Å². The zero-order chi connectivity index (χ0) is 21.5. The van der Waals surface area contributed by atoms with E-state index in [1.165, 1.54) is 17.7 Å². The Bertz CT molecular complexity index is 853. The molecule has 2 atom stereocenters. The van der Waals surface area contributed by atoms with Crippen LogP contribution in [-0.4, -0.2) is 60.1 Å². The van der Waals surface area contributed by atoms with Gasteiger partial charge in [-0.05, 0) is 63.0 Å². The number of hydrogen-bond donors (Lipinski definition) is 2. The number of likely N-dealkylation sites (N-methyl/N-ethyl adjacent to an activating group) is 1. The fourth-order valence-electron chi connectivity index (χ4n) is 3.78. The number of benzene rings is 1. The molecule has 1 aliphatic carbocycles. The Labute approximate surface area is 188 Å². The number of aliphatic imine (C=N–C) groups is 1. The van der Waals surface area contributed by atoms with Gasteiger partial charge < -0.3 is 15.7 Å². The van der Waals surface area contributed by atoms with Gasteiger partial charge in [0.05, 0.1) is 0 Å². The second-order valence-electron chi connectivity index (χ2n) is 7.77. The summed E-state index contributed by atoms with van der Waals surface area (Å²) in [5, 5.41) is 2.78. The monoisotopic (exact) mass is 458 g/mol. The lowest BCUT2D eigenvalue weighted by molar-refractivity contribution is -0.121. The largest absolute Gasteiger partial charge is 0.412 e. The molecule has 0 saturated heterocycles. The molecule has 1 aliphatic heterocycles. The summed E-state index contributed by atoms with van der Waals surface area (Å²) in [6.45, 7) is 0.916. The van der Waals surface area contributed by atoms with Gasteiger partial charge in [0.25, 0.3) is 5.91 Å². The van der Waals surface area contributed by atoms with Crippen molar-refractivity contribution in [1.82, 2.24) is 14.9 Å². The zero-order valence-corrected chi connectivity index (χ0v) is 18.8. The van der Waals surface area contributed by atoms with Gasteiger partial charge in [-0.3, -0.25) is 8.98 Å². The van der Waals surface area contributed by atoms with Crippen molar-refractivity contribution in [2.45, 2.75) is 38.0 Å². The van der Waals surface area contributed by atoms with Gasteiger partial charge in [0.1, 0.15) is 18.3 Å². The molecule has 2 aliphatic rings. The van der Waals surface area contributed by atoms with E-state index < -0.39 is 11.3 Å². The Balaban J connectivity index is 0.00000341. The number of carbonyl (C=O) groups excluding carboxylic acids is 1. The maximum atomic E-state index is 13.3. The van der Waals surface area contributed by atoms with E-state index in [1.807, 2.05) is 31.1 Å². The number of rotatable bonds is 8. The van der Waals surface area contributed by atoms with Crippen LogP contribution in [0.4, 0.5) is 4.39 Å². The number of hydrogen-bond acceptors (Lipinski definition) is 5. The predicted octanol–water partition coefficient (Wildman–Crippen LogP) is 2.07. The molecule has 1 amide bonds. The summed E-state index contributed by atoms with van der Waals surface area (Å²) in [7, 11) is 3.83. The molecule has 2 unspecified atom stereocenters. The number of amides is 1. The first kappa shape index (κ1) is 25.3. The third-order valence-electron chi connectivity index (χ3n) is 5.23. The highest BCUT2D eigenvalue weighted by Gasteiger charge is 2.27. The van der Waals surface area contributed by atoms with E-state index in [1.54, 1.807) is 0 Å². The fourth-order valence-corrected chi connectivity index (χ4v) is 4.33. The number of amidine groups is 1. The molecule has 8 nitrogen and oxygen atoms in total. The van der Waals surface area contributed by atoms with Crippen LogP contribution < -0.4 is 10.0 Å². The van der Waals surface area contributed by atoms with Gasteiger partial charge in [-0.15, -0.1) is 0 Å². The molecule has 1 heterocycles. The standard InChI is InChI=1S/C21H29FN4O3S.H2O.2H2/c1-26(2)13-12-23-30(28)29-14-21(27)25-20-11-10-18-17(4-3-5-19(18)24-20)15-6-8-16(22)9-7-15;;;/h6-9,17,23H,3-5,10-14H2,1-2H3,(H,24,25,27);1H2;2*1H. The van der Waals surface area contributed by atoms with E-state index in [9.17, 15) is 13.4 Å². The van der Waals surface area contributed by atoms with Crippen LogP contribution in [0.15, 0.2) is 40.5 Å². The van der Waals surface area contributed by atoms with Gasteiger partial charge in [0.15, 0.2) is 0 Å². The third-order valence-corrected chi connectivity index (χ3v) is 6.00. The Morgan fingerprint density at radius 3 is 2.74 bits per heavy atom. The van der Waals surface area contributed by atoms with Crippen LogP contribution in [0.2, 0.25) is 0 Å². The molecule has 0 saturated carbocycles. The van der Waals surface area contributed by atoms with Crippen molar-refractivity contribution in [2.75, 3.05) is 33.8 Å². The lowest BCUT2D eigenvalue weighted by atomic mass is 9.78. The van der Waals surface area contributed by atoms with Crippen molar-refractivity contribution >= 4 is 23.0 Å². The van der Waals surface area contributed by atoms with Gasteiger partial charge in [-0.25, -0.2) is 18.3 Å². The molecule has 176 valence electrons. The lowest BCUT2D eigenvalue weighted by Gasteiger charge is -2.30. The maximum absolute atomic E-state index is 13.3. The number of halogens is 1. The first-order valence-corrected chi connectivity index (χ1v) is 11.3. The van der Waals surface area contributed by atoms with E-state index in [-0.39, 0.29) is 32.6 Å². The molecule has 1 aromatic rings. The van der Waals surface area contributed by atoms with Gasteiger partial charge in [0.2, 0.25) is 11.3 Å². The summed E-state index contributed by atoms with van der Waals surface area (Å²) in [5.74, 6) is 0.278. The first-order valence-electron chi connectivity index (χ1n) is 10.2. The molecular formula is C21H35FN4O4S. The minimum atomic E-state index is -1.71. The zero-order valence-electron chi connectivity index (χ0n) is 17.9. The predicted molar refractivity (Wildman–Crippen MR) is 123 cm³/mol. The van der Waals surface area contributed by atoms with Crippen molar-refractivity contribution in [2.24, 2.45) is 4.99 Å². The average Bonchev–Trinajstić information content (AvgIpc) is 2.72. The highest BCUT2D eigenvalue weighted by Crippen LogP contribution is 2.42. The summed E-state index contributed by atoms with van der Waals surface area (Å²) < 4.78 is 32.7. The molecule has 1 aromatic carbocycles. The first-order chi connectivity index (χ1) is 14.4. The molecule has 0 radical (unpaired) electrons. The molecule has 4 N–H and O–H groups in total. The minimum Gasteiger partial charge on any atom is -0.412 e. The van der Waals surface area contributed by atoms with Crippen molar-refractivity contribution in [1.29, 1.82) is 0 Å². The van der Waals surface area contributed by atoms with Crippen LogP contribution in [0.5, 0.6) is 0 Å². The third kappa shape index (κ3) is 7.58. The second-order valence-corrected chi connectivity index (χ2v) is 8.76. The highest BCUT2D eigenvalue weighted by atomic mass is 32.2. The van der Waals surface area contributed by atoms with Crippen molar-refractivity contribution in [3.05, 3.63) is 46.9 Å². The quantitative estimate of drug-likeness (QED) is 0.620. The minimum absolute atomic E-state index is 0. The average molecular weight is 459 g/mol. The molecule has 0 spiro atoms. The number of nitrogens with zero attached hydrogens (tertiary/aromatic N) is 2.